The van der Waals surface area contributed by atoms with Gasteiger partial charge in [0.2, 0.25) is 0 Å². The lowest BCUT2D eigenvalue weighted by Gasteiger charge is -2.15. The van der Waals surface area contributed by atoms with Crippen molar-refractivity contribution in [3.05, 3.63) is 57.2 Å². The topological polar surface area (TPSA) is 30.5 Å². The van der Waals surface area contributed by atoms with Crippen molar-refractivity contribution in [2.75, 3.05) is 19.8 Å². The van der Waals surface area contributed by atoms with Gasteiger partial charge in [-0.15, -0.1) is 0 Å². The summed E-state index contributed by atoms with van der Waals surface area (Å²) < 4.78 is 12.5. The molecule has 1 N–H and O–H groups in total. The third-order valence-corrected chi connectivity index (χ3v) is 4.22. The molecular formula is C19H24INO2. The minimum atomic E-state index is 0.640. The van der Waals surface area contributed by atoms with Crippen molar-refractivity contribution < 1.29 is 9.47 Å². The van der Waals surface area contributed by atoms with Gasteiger partial charge in [-0.2, -0.15) is 0 Å². The maximum Gasteiger partial charge on any atom is 0.174 e. The van der Waals surface area contributed by atoms with Crippen molar-refractivity contribution in [1.82, 2.24) is 5.32 Å². The molecule has 124 valence electrons. The molecule has 2 rings (SSSR count). The van der Waals surface area contributed by atoms with Crippen LogP contribution in [-0.2, 0) is 13.0 Å². The van der Waals surface area contributed by atoms with Gasteiger partial charge in [0.25, 0.3) is 0 Å². The molecule has 0 aliphatic rings. The van der Waals surface area contributed by atoms with Gasteiger partial charge in [-0.25, -0.2) is 0 Å². The molecule has 0 aliphatic heterocycles. The zero-order valence-corrected chi connectivity index (χ0v) is 15.9. The fourth-order valence-corrected chi connectivity index (χ4v) is 3.20. The van der Waals surface area contributed by atoms with E-state index in [-0.39, 0.29) is 0 Å². The van der Waals surface area contributed by atoms with E-state index in [1.165, 1.54) is 11.1 Å². The van der Waals surface area contributed by atoms with Crippen molar-refractivity contribution in [3.63, 3.8) is 0 Å². The van der Waals surface area contributed by atoms with Crippen LogP contribution in [0.3, 0.4) is 0 Å². The monoisotopic (exact) mass is 425 g/mol. The Morgan fingerprint density at radius 2 is 1.70 bits per heavy atom. The highest BCUT2D eigenvalue weighted by Crippen LogP contribution is 2.34. The zero-order valence-electron chi connectivity index (χ0n) is 13.8. The van der Waals surface area contributed by atoms with Crippen LogP contribution in [0.25, 0.3) is 0 Å². The summed E-state index contributed by atoms with van der Waals surface area (Å²) >= 11 is 2.31. The molecule has 0 fully saturated rings. The molecule has 23 heavy (non-hydrogen) atoms. The molecule has 0 saturated carbocycles. The molecule has 0 bridgehead atoms. The van der Waals surface area contributed by atoms with Crippen LogP contribution >= 0.6 is 22.6 Å². The van der Waals surface area contributed by atoms with Crippen LogP contribution in [0.5, 0.6) is 11.5 Å². The average molecular weight is 425 g/mol. The summed E-state index contributed by atoms with van der Waals surface area (Å²) in [7, 11) is 0. The van der Waals surface area contributed by atoms with Crippen LogP contribution in [0, 0.1) is 3.57 Å². The highest BCUT2D eigenvalue weighted by molar-refractivity contribution is 14.1. The van der Waals surface area contributed by atoms with Crippen molar-refractivity contribution >= 4 is 22.6 Å². The second-order valence-corrected chi connectivity index (χ2v) is 6.35. The summed E-state index contributed by atoms with van der Waals surface area (Å²) in [5.74, 6) is 1.68. The first kappa shape index (κ1) is 18.1. The quantitative estimate of drug-likeness (QED) is 0.477. The maximum absolute atomic E-state index is 5.73. The lowest BCUT2D eigenvalue weighted by molar-refractivity contribution is 0.285. The Kier molecular flexibility index (Phi) is 7.68. The summed E-state index contributed by atoms with van der Waals surface area (Å²) in [6.07, 6.45) is 1.03. The first-order valence-corrected chi connectivity index (χ1v) is 9.15. The van der Waals surface area contributed by atoms with Gasteiger partial charge in [-0.3, -0.25) is 0 Å². The first-order chi connectivity index (χ1) is 11.2. The number of nitrogens with one attached hydrogen (secondary N) is 1. The molecule has 0 aliphatic carbocycles. The SMILES string of the molecule is CCOc1cc(CNCCc2ccccc2)cc(I)c1OCC. The lowest BCUT2D eigenvalue weighted by Crippen LogP contribution is -2.17. The Bertz CT molecular complexity index is 602. The van der Waals surface area contributed by atoms with Crippen molar-refractivity contribution in [2.24, 2.45) is 0 Å². The molecule has 2 aromatic rings. The van der Waals surface area contributed by atoms with Crippen LogP contribution in [0.2, 0.25) is 0 Å². The average Bonchev–Trinajstić information content (AvgIpc) is 2.56. The molecule has 4 heteroatoms. The van der Waals surface area contributed by atoms with Crippen LogP contribution < -0.4 is 14.8 Å². The Morgan fingerprint density at radius 1 is 0.957 bits per heavy atom. The van der Waals surface area contributed by atoms with E-state index in [9.17, 15) is 0 Å². The Labute approximate surface area is 152 Å². The summed E-state index contributed by atoms with van der Waals surface area (Å²) in [4.78, 5) is 0. The first-order valence-electron chi connectivity index (χ1n) is 8.07. The van der Waals surface area contributed by atoms with Crippen molar-refractivity contribution in [2.45, 2.75) is 26.8 Å². The van der Waals surface area contributed by atoms with E-state index < -0.39 is 0 Å². The molecule has 0 spiro atoms. The standard InChI is InChI=1S/C19H24INO2/c1-3-22-18-13-16(12-17(20)19(18)23-4-2)14-21-11-10-15-8-6-5-7-9-15/h5-9,12-13,21H,3-4,10-11,14H2,1-2H3. The van der Waals surface area contributed by atoms with E-state index >= 15 is 0 Å². The number of hydrogen-bond donors (Lipinski definition) is 1. The lowest BCUT2D eigenvalue weighted by atomic mass is 10.1. The van der Waals surface area contributed by atoms with E-state index in [1.807, 2.05) is 19.9 Å². The number of rotatable bonds is 9. The molecule has 2 aromatic carbocycles. The summed E-state index contributed by atoms with van der Waals surface area (Å²) in [6.45, 7) is 7.05. The molecule has 0 unspecified atom stereocenters. The fourth-order valence-electron chi connectivity index (χ4n) is 2.38. The predicted molar refractivity (Wildman–Crippen MR) is 103 cm³/mol. The molecule has 0 amide bonds. The highest BCUT2D eigenvalue weighted by atomic mass is 127. The third-order valence-electron chi connectivity index (χ3n) is 3.42. The van der Waals surface area contributed by atoms with Gasteiger partial charge in [0.1, 0.15) is 0 Å². The van der Waals surface area contributed by atoms with Gasteiger partial charge in [-0.1, -0.05) is 30.3 Å². The van der Waals surface area contributed by atoms with E-state index in [1.54, 1.807) is 0 Å². The Morgan fingerprint density at radius 3 is 2.39 bits per heavy atom. The van der Waals surface area contributed by atoms with Gasteiger partial charge in [0, 0.05) is 6.54 Å². The fraction of sp³-hybridized carbons (Fsp3) is 0.368. The molecule has 3 nitrogen and oxygen atoms in total. The largest absolute Gasteiger partial charge is 0.490 e. The summed E-state index contributed by atoms with van der Waals surface area (Å²) in [5, 5.41) is 3.50. The van der Waals surface area contributed by atoms with Gasteiger partial charge in [0.15, 0.2) is 11.5 Å². The van der Waals surface area contributed by atoms with Crippen molar-refractivity contribution in [3.8, 4) is 11.5 Å². The highest BCUT2D eigenvalue weighted by Gasteiger charge is 2.11. The minimum absolute atomic E-state index is 0.640. The molecule has 0 atom stereocenters. The minimum Gasteiger partial charge on any atom is -0.490 e. The van der Waals surface area contributed by atoms with Crippen molar-refractivity contribution in [1.29, 1.82) is 0 Å². The van der Waals surface area contributed by atoms with E-state index in [2.05, 4.69) is 64.3 Å². The molecule has 0 radical (unpaired) electrons. The second-order valence-electron chi connectivity index (χ2n) is 5.18. The van der Waals surface area contributed by atoms with E-state index in [4.69, 9.17) is 9.47 Å². The Hall–Kier alpha value is -1.27. The molecule has 0 heterocycles. The smallest absolute Gasteiger partial charge is 0.174 e. The molecule has 0 aromatic heterocycles. The molecular weight excluding hydrogens is 401 g/mol. The van der Waals surface area contributed by atoms with E-state index in [0.717, 1.165) is 34.6 Å². The van der Waals surface area contributed by atoms with Gasteiger partial charge >= 0.3 is 0 Å². The molecule has 0 saturated heterocycles. The summed E-state index contributed by atoms with van der Waals surface area (Å²) in [5.41, 5.74) is 2.57. The zero-order chi connectivity index (χ0) is 16.5. The van der Waals surface area contributed by atoms with Crippen LogP contribution in [0.15, 0.2) is 42.5 Å². The predicted octanol–water partition coefficient (Wildman–Crippen LogP) is 4.42. The number of halogens is 1. The van der Waals surface area contributed by atoms with Gasteiger partial charge in [0.05, 0.1) is 16.8 Å². The van der Waals surface area contributed by atoms with Gasteiger partial charge in [-0.05, 0) is 72.7 Å². The normalized spacial score (nSPS) is 10.6. The van der Waals surface area contributed by atoms with Crippen LogP contribution in [0.4, 0.5) is 0 Å². The maximum atomic E-state index is 5.73. The van der Waals surface area contributed by atoms with Gasteiger partial charge < -0.3 is 14.8 Å². The second kappa shape index (κ2) is 9.78. The third kappa shape index (κ3) is 5.70. The van der Waals surface area contributed by atoms with E-state index in [0.29, 0.717) is 13.2 Å². The summed E-state index contributed by atoms with van der Waals surface area (Å²) in [6, 6.07) is 14.8. The number of hydrogen-bond acceptors (Lipinski definition) is 3. The Balaban J connectivity index is 1.94. The number of ether oxygens (including phenoxy) is 2. The number of benzene rings is 2. The van der Waals surface area contributed by atoms with Crippen LogP contribution in [-0.4, -0.2) is 19.8 Å². The van der Waals surface area contributed by atoms with Crippen LogP contribution in [0.1, 0.15) is 25.0 Å².